The minimum Gasteiger partial charge on any atom is -0.467 e. The van der Waals surface area contributed by atoms with Crippen LogP contribution in [0, 0.1) is 0 Å². The molecule has 2 aliphatic rings. The van der Waals surface area contributed by atoms with E-state index in [1.54, 1.807) is 6.08 Å². The number of hydrogen-bond acceptors (Lipinski definition) is 4. The van der Waals surface area contributed by atoms with Gasteiger partial charge in [0.25, 0.3) is 0 Å². The van der Waals surface area contributed by atoms with Gasteiger partial charge in [0.15, 0.2) is 6.79 Å². The van der Waals surface area contributed by atoms with Crippen LogP contribution in [-0.2, 0) is 21.7 Å². The standard InChI is InChI=1S/C13H13NO3/c15-8-14-13(5-2-6-13)11-4-1-3-10-7-16-9-17-12(10)11/h1,3-4H,2,5-7,9H2. The van der Waals surface area contributed by atoms with Crippen molar-refractivity contribution in [1.29, 1.82) is 0 Å². The minimum absolute atomic E-state index is 0.269. The molecule has 1 aliphatic carbocycles. The number of carbonyl (C=O) groups excluding carboxylic acids is 1. The van der Waals surface area contributed by atoms with Crippen molar-refractivity contribution in [1.82, 2.24) is 0 Å². The summed E-state index contributed by atoms with van der Waals surface area (Å²) < 4.78 is 10.8. The molecular weight excluding hydrogens is 218 g/mol. The molecule has 1 heterocycles. The maximum atomic E-state index is 10.6. The maximum Gasteiger partial charge on any atom is 0.235 e. The average Bonchev–Trinajstić information content (AvgIpc) is 2.33. The van der Waals surface area contributed by atoms with Crippen LogP contribution in [0.2, 0.25) is 0 Å². The fourth-order valence-electron chi connectivity index (χ4n) is 2.53. The van der Waals surface area contributed by atoms with Crippen molar-refractivity contribution in [3.05, 3.63) is 29.3 Å². The van der Waals surface area contributed by atoms with Crippen LogP contribution in [0.4, 0.5) is 0 Å². The summed E-state index contributed by atoms with van der Waals surface area (Å²) in [5, 5.41) is 0. The summed E-state index contributed by atoms with van der Waals surface area (Å²) in [4.78, 5) is 14.6. The molecule has 0 amide bonds. The lowest BCUT2D eigenvalue weighted by Gasteiger charge is -2.39. The Kier molecular flexibility index (Phi) is 2.46. The summed E-state index contributed by atoms with van der Waals surface area (Å²) in [7, 11) is 0. The van der Waals surface area contributed by atoms with Crippen molar-refractivity contribution in [3.8, 4) is 5.75 Å². The van der Waals surface area contributed by atoms with E-state index < -0.39 is 5.54 Å². The van der Waals surface area contributed by atoms with E-state index in [2.05, 4.69) is 4.99 Å². The van der Waals surface area contributed by atoms with Gasteiger partial charge in [-0.3, -0.25) is 0 Å². The monoisotopic (exact) mass is 231 g/mol. The summed E-state index contributed by atoms with van der Waals surface area (Å²) in [6.45, 7) is 0.828. The molecule has 0 spiro atoms. The van der Waals surface area contributed by atoms with E-state index in [4.69, 9.17) is 9.47 Å². The molecule has 0 radical (unpaired) electrons. The normalized spacial score (nSPS) is 20.5. The molecule has 88 valence electrons. The van der Waals surface area contributed by atoms with Gasteiger partial charge in [-0.1, -0.05) is 18.2 Å². The number of isocyanates is 1. The number of para-hydroxylation sites is 1. The molecule has 4 nitrogen and oxygen atoms in total. The number of nitrogens with zero attached hydrogens (tertiary/aromatic N) is 1. The van der Waals surface area contributed by atoms with E-state index in [-0.39, 0.29) is 6.79 Å². The number of ether oxygens (including phenoxy) is 2. The third-order valence-corrected chi connectivity index (χ3v) is 3.58. The Labute approximate surface area is 99.3 Å². The lowest BCUT2D eigenvalue weighted by molar-refractivity contribution is -0.0184. The highest BCUT2D eigenvalue weighted by molar-refractivity contribution is 5.49. The zero-order valence-electron chi connectivity index (χ0n) is 9.44. The first kappa shape index (κ1) is 10.5. The van der Waals surface area contributed by atoms with Crippen molar-refractivity contribution >= 4 is 6.08 Å². The third kappa shape index (κ3) is 1.57. The minimum atomic E-state index is -0.398. The van der Waals surface area contributed by atoms with Gasteiger partial charge in [-0.25, -0.2) is 4.79 Å². The van der Waals surface area contributed by atoms with Crippen LogP contribution in [0.3, 0.4) is 0 Å². The van der Waals surface area contributed by atoms with Crippen LogP contribution >= 0.6 is 0 Å². The first-order valence-electron chi connectivity index (χ1n) is 5.78. The number of hydrogen-bond donors (Lipinski definition) is 0. The second kappa shape index (κ2) is 3.99. The fraction of sp³-hybridized carbons (Fsp3) is 0.462. The largest absolute Gasteiger partial charge is 0.467 e. The first-order chi connectivity index (χ1) is 8.36. The summed E-state index contributed by atoms with van der Waals surface area (Å²) >= 11 is 0. The van der Waals surface area contributed by atoms with Crippen LogP contribution in [-0.4, -0.2) is 12.9 Å². The Bertz CT molecular complexity index is 487. The van der Waals surface area contributed by atoms with E-state index in [1.807, 2.05) is 18.2 Å². The summed E-state index contributed by atoms with van der Waals surface area (Å²) in [6, 6.07) is 5.94. The van der Waals surface area contributed by atoms with E-state index in [9.17, 15) is 4.79 Å². The lowest BCUT2D eigenvalue weighted by Crippen LogP contribution is -2.33. The van der Waals surface area contributed by atoms with Crippen molar-refractivity contribution in [2.75, 3.05) is 6.79 Å². The zero-order chi connectivity index (χ0) is 11.7. The van der Waals surface area contributed by atoms with E-state index in [0.29, 0.717) is 6.61 Å². The highest BCUT2D eigenvalue weighted by Gasteiger charge is 2.41. The Morgan fingerprint density at radius 2 is 2.24 bits per heavy atom. The van der Waals surface area contributed by atoms with Crippen LogP contribution in [0.5, 0.6) is 5.75 Å². The van der Waals surface area contributed by atoms with Crippen molar-refractivity contribution in [2.45, 2.75) is 31.4 Å². The number of benzene rings is 1. The zero-order valence-corrected chi connectivity index (χ0v) is 9.44. The molecule has 1 aromatic rings. The van der Waals surface area contributed by atoms with Gasteiger partial charge < -0.3 is 9.47 Å². The molecule has 1 aromatic carbocycles. The van der Waals surface area contributed by atoms with Crippen LogP contribution in [0.15, 0.2) is 23.2 Å². The van der Waals surface area contributed by atoms with Gasteiger partial charge in [0.05, 0.1) is 6.61 Å². The smallest absolute Gasteiger partial charge is 0.235 e. The third-order valence-electron chi connectivity index (χ3n) is 3.58. The van der Waals surface area contributed by atoms with Gasteiger partial charge in [0.2, 0.25) is 6.08 Å². The summed E-state index contributed by atoms with van der Waals surface area (Å²) in [5.41, 5.74) is 1.64. The molecule has 17 heavy (non-hydrogen) atoms. The van der Waals surface area contributed by atoms with Gasteiger partial charge >= 0.3 is 0 Å². The topological polar surface area (TPSA) is 47.9 Å². The van der Waals surface area contributed by atoms with Crippen LogP contribution in [0.25, 0.3) is 0 Å². The number of fused-ring (bicyclic) bond motifs is 1. The molecular formula is C13H13NO3. The second-order valence-electron chi connectivity index (χ2n) is 4.49. The Morgan fingerprint density at radius 3 is 2.94 bits per heavy atom. The van der Waals surface area contributed by atoms with E-state index in [1.165, 1.54) is 0 Å². The number of aliphatic imine (C=N–C) groups is 1. The quantitative estimate of drug-likeness (QED) is 0.579. The van der Waals surface area contributed by atoms with Gasteiger partial charge in [0.1, 0.15) is 11.3 Å². The molecule has 4 heteroatoms. The first-order valence-corrected chi connectivity index (χ1v) is 5.78. The Balaban J connectivity index is 2.10. The number of rotatable bonds is 2. The Morgan fingerprint density at radius 1 is 1.35 bits per heavy atom. The van der Waals surface area contributed by atoms with Crippen molar-refractivity contribution < 1.29 is 14.3 Å². The van der Waals surface area contributed by atoms with Gasteiger partial charge in [-0.2, -0.15) is 4.99 Å². The maximum absolute atomic E-state index is 10.6. The molecule has 0 bridgehead atoms. The second-order valence-corrected chi connectivity index (χ2v) is 4.49. The highest BCUT2D eigenvalue weighted by Crippen LogP contribution is 2.49. The predicted octanol–water partition coefficient (Wildman–Crippen LogP) is 2.27. The average molecular weight is 231 g/mol. The summed E-state index contributed by atoms with van der Waals surface area (Å²) in [6.07, 6.45) is 4.58. The molecule has 1 fully saturated rings. The van der Waals surface area contributed by atoms with Crippen LogP contribution < -0.4 is 4.74 Å². The fourth-order valence-corrected chi connectivity index (χ4v) is 2.53. The lowest BCUT2D eigenvalue weighted by atomic mass is 9.71. The SMILES string of the molecule is O=C=NC1(c2cccc3c2OCOC3)CCC1. The molecule has 0 atom stereocenters. The highest BCUT2D eigenvalue weighted by atomic mass is 16.7. The van der Waals surface area contributed by atoms with E-state index >= 15 is 0 Å². The molecule has 0 N–H and O–H groups in total. The van der Waals surface area contributed by atoms with Crippen molar-refractivity contribution in [2.24, 2.45) is 4.99 Å². The molecule has 0 aromatic heterocycles. The predicted molar refractivity (Wildman–Crippen MR) is 60.4 cm³/mol. The van der Waals surface area contributed by atoms with Gasteiger partial charge in [-0.15, -0.1) is 0 Å². The van der Waals surface area contributed by atoms with Crippen LogP contribution in [0.1, 0.15) is 30.4 Å². The molecule has 0 unspecified atom stereocenters. The van der Waals surface area contributed by atoms with Gasteiger partial charge in [0, 0.05) is 11.1 Å². The molecule has 1 aliphatic heterocycles. The Hall–Kier alpha value is -1.64. The summed E-state index contributed by atoms with van der Waals surface area (Å²) in [5.74, 6) is 0.845. The van der Waals surface area contributed by atoms with Gasteiger partial charge in [-0.05, 0) is 19.3 Å². The van der Waals surface area contributed by atoms with Crippen molar-refractivity contribution in [3.63, 3.8) is 0 Å². The molecule has 0 saturated heterocycles. The molecule has 1 saturated carbocycles. The molecule has 3 rings (SSSR count). The van der Waals surface area contributed by atoms with E-state index in [0.717, 1.165) is 36.1 Å².